The Morgan fingerprint density at radius 3 is 2.22 bits per heavy atom. The molecule has 1 aromatic heterocycles. The summed E-state index contributed by atoms with van der Waals surface area (Å²) in [5, 5.41) is 1.98. The first-order valence-corrected chi connectivity index (χ1v) is 11.5. The fourth-order valence-corrected chi connectivity index (χ4v) is 4.81. The molecular formula is C22H32N2O2S. The van der Waals surface area contributed by atoms with E-state index in [1.807, 2.05) is 17.5 Å². The fourth-order valence-electron chi connectivity index (χ4n) is 4.05. The number of unbranched alkanes of at least 4 members (excludes halogenated alkanes) is 7. The first-order chi connectivity index (χ1) is 13.2. The van der Waals surface area contributed by atoms with Crippen LogP contribution in [-0.2, 0) is 9.59 Å². The van der Waals surface area contributed by atoms with E-state index in [-0.39, 0.29) is 11.8 Å². The lowest BCUT2D eigenvalue weighted by molar-refractivity contribution is -0.137. The molecule has 0 unspecified atom stereocenters. The summed E-state index contributed by atoms with van der Waals surface area (Å²) in [5.74, 6) is -0.166. The van der Waals surface area contributed by atoms with Crippen LogP contribution >= 0.6 is 11.3 Å². The van der Waals surface area contributed by atoms with Crippen LogP contribution in [0, 0.1) is 0 Å². The molecule has 0 saturated carbocycles. The number of carbonyl (C=O) groups is 2. The molecule has 2 aliphatic rings. The zero-order valence-electron chi connectivity index (χ0n) is 16.5. The molecule has 3 rings (SSSR count). The Kier molecular flexibility index (Phi) is 7.50. The molecule has 1 fully saturated rings. The van der Waals surface area contributed by atoms with Crippen molar-refractivity contribution in [2.24, 2.45) is 0 Å². The molecule has 2 amide bonds. The van der Waals surface area contributed by atoms with Gasteiger partial charge in [0.1, 0.15) is 5.70 Å². The third-order valence-electron chi connectivity index (χ3n) is 5.57. The molecule has 1 saturated heterocycles. The molecule has 0 radical (unpaired) electrons. The topological polar surface area (TPSA) is 40.6 Å². The number of hydrogen-bond acceptors (Lipinski definition) is 4. The highest BCUT2D eigenvalue weighted by Gasteiger charge is 2.42. The van der Waals surface area contributed by atoms with Gasteiger partial charge in [-0.2, -0.15) is 0 Å². The average molecular weight is 389 g/mol. The van der Waals surface area contributed by atoms with Crippen molar-refractivity contribution in [1.29, 1.82) is 0 Å². The van der Waals surface area contributed by atoms with Gasteiger partial charge in [0.15, 0.2) is 0 Å². The van der Waals surface area contributed by atoms with E-state index < -0.39 is 0 Å². The van der Waals surface area contributed by atoms with E-state index in [4.69, 9.17) is 0 Å². The quantitative estimate of drug-likeness (QED) is 0.393. The molecule has 2 aliphatic heterocycles. The minimum absolute atomic E-state index is 0.0757. The third-order valence-corrected chi connectivity index (χ3v) is 6.46. The van der Waals surface area contributed by atoms with E-state index in [0.29, 0.717) is 17.8 Å². The molecule has 0 aliphatic carbocycles. The van der Waals surface area contributed by atoms with Gasteiger partial charge in [0, 0.05) is 24.5 Å². The van der Waals surface area contributed by atoms with E-state index in [9.17, 15) is 9.59 Å². The normalized spacial score (nSPS) is 17.7. The molecule has 0 spiro atoms. The molecule has 0 atom stereocenters. The van der Waals surface area contributed by atoms with Crippen molar-refractivity contribution in [2.75, 3.05) is 19.6 Å². The first kappa shape index (κ1) is 20.1. The van der Waals surface area contributed by atoms with Crippen molar-refractivity contribution in [1.82, 2.24) is 9.80 Å². The average Bonchev–Trinajstić information content (AvgIpc) is 3.40. The first-order valence-electron chi connectivity index (χ1n) is 10.6. The second-order valence-corrected chi connectivity index (χ2v) is 8.58. The van der Waals surface area contributed by atoms with Gasteiger partial charge in [0.2, 0.25) is 0 Å². The number of carbonyl (C=O) groups excluding carboxylic acids is 2. The highest BCUT2D eigenvalue weighted by molar-refractivity contribution is 7.11. The molecule has 27 heavy (non-hydrogen) atoms. The Morgan fingerprint density at radius 1 is 0.926 bits per heavy atom. The Bertz CT molecular complexity index is 660. The second-order valence-electron chi connectivity index (χ2n) is 7.63. The highest BCUT2D eigenvalue weighted by Crippen LogP contribution is 2.35. The standard InChI is InChI=1S/C22H32N2O2S/c1-2-3-4-5-6-7-8-9-16-24-21(25)19(18-13-12-17-27-18)20(22(24)26)23-14-10-11-15-23/h12-13,17H,2-11,14-16H2,1H3. The van der Waals surface area contributed by atoms with Gasteiger partial charge in [-0.1, -0.05) is 57.9 Å². The number of imide groups is 1. The molecule has 148 valence electrons. The smallest absolute Gasteiger partial charge is 0.277 e. The zero-order valence-corrected chi connectivity index (χ0v) is 17.4. The van der Waals surface area contributed by atoms with Crippen LogP contribution in [0.5, 0.6) is 0 Å². The summed E-state index contributed by atoms with van der Waals surface area (Å²) in [6, 6.07) is 3.91. The Labute approximate surface area is 167 Å². The van der Waals surface area contributed by atoms with Crippen molar-refractivity contribution in [3.8, 4) is 0 Å². The van der Waals surface area contributed by atoms with Crippen LogP contribution in [-0.4, -0.2) is 41.2 Å². The van der Waals surface area contributed by atoms with Gasteiger partial charge in [0.05, 0.1) is 5.57 Å². The molecule has 1 aromatic rings. The van der Waals surface area contributed by atoms with Crippen LogP contribution in [0.25, 0.3) is 5.57 Å². The van der Waals surface area contributed by atoms with Gasteiger partial charge in [0.25, 0.3) is 11.8 Å². The zero-order chi connectivity index (χ0) is 19.1. The molecule has 0 bridgehead atoms. The number of thiophene rings is 1. The predicted molar refractivity (Wildman–Crippen MR) is 111 cm³/mol. The number of rotatable bonds is 11. The minimum Gasteiger partial charge on any atom is -0.366 e. The monoisotopic (exact) mass is 388 g/mol. The van der Waals surface area contributed by atoms with Crippen molar-refractivity contribution >= 4 is 28.7 Å². The molecule has 5 heteroatoms. The summed E-state index contributed by atoms with van der Waals surface area (Å²) in [5.41, 5.74) is 1.29. The lowest BCUT2D eigenvalue weighted by atomic mass is 10.1. The molecule has 4 nitrogen and oxygen atoms in total. The van der Waals surface area contributed by atoms with Gasteiger partial charge in [-0.3, -0.25) is 14.5 Å². The molecule has 0 aromatic carbocycles. The van der Waals surface area contributed by atoms with Crippen molar-refractivity contribution in [3.05, 3.63) is 28.1 Å². The van der Waals surface area contributed by atoms with Crippen molar-refractivity contribution < 1.29 is 9.59 Å². The maximum absolute atomic E-state index is 13.1. The van der Waals surface area contributed by atoms with Crippen LogP contribution in [0.2, 0.25) is 0 Å². The van der Waals surface area contributed by atoms with Crippen LogP contribution < -0.4 is 0 Å². The lowest BCUT2D eigenvalue weighted by Crippen LogP contribution is -2.35. The maximum atomic E-state index is 13.1. The van der Waals surface area contributed by atoms with Gasteiger partial charge in [-0.15, -0.1) is 11.3 Å². The maximum Gasteiger partial charge on any atom is 0.277 e. The summed E-state index contributed by atoms with van der Waals surface area (Å²) in [7, 11) is 0. The van der Waals surface area contributed by atoms with E-state index in [1.165, 1.54) is 43.4 Å². The van der Waals surface area contributed by atoms with Crippen LogP contribution in [0.4, 0.5) is 0 Å². The minimum atomic E-state index is -0.0905. The number of amides is 2. The van der Waals surface area contributed by atoms with Crippen LogP contribution in [0.15, 0.2) is 23.2 Å². The second kappa shape index (κ2) is 10.1. The third kappa shape index (κ3) is 4.81. The van der Waals surface area contributed by atoms with E-state index >= 15 is 0 Å². The predicted octanol–water partition coefficient (Wildman–Crippen LogP) is 5.06. The Hall–Kier alpha value is -1.62. The summed E-state index contributed by atoms with van der Waals surface area (Å²) in [6.45, 7) is 4.56. The summed E-state index contributed by atoms with van der Waals surface area (Å²) in [4.78, 5) is 30.7. The molecular weight excluding hydrogens is 356 g/mol. The van der Waals surface area contributed by atoms with Crippen molar-refractivity contribution in [3.63, 3.8) is 0 Å². The Balaban J connectivity index is 1.57. The number of hydrogen-bond donors (Lipinski definition) is 0. The van der Waals surface area contributed by atoms with Gasteiger partial charge in [-0.25, -0.2) is 0 Å². The SMILES string of the molecule is CCCCCCCCCCN1C(=O)C(c2cccs2)=C(N2CCCC2)C1=O. The highest BCUT2D eigenvalue weighted by atomic mass is 32.1. The largest absolute Gasteiger partial charge is 0.366 e. The summed E-state index contributed by atoms with van der Waals surface area (Å²) in [6.07, 6.45) is 11.9. The number of nitrogens with zero attached hydrogens (tertiary/aromatic N) is 2. The molecule has 0 N–H and O–H groups in total. The van der Waals surface area contributed by atoms with Gasteiger partial charge >= 0.3 is 0 Å². The number of likely N-dealkylation sites (tertiary alicyclic amines) is 1. The van der Waals surface area contributed by atoms with E-state index in [1.54, 1.807) is 11.3 Å². The fraction of sp³-hybridized carbons (Fsp3) is 0.636. The Morgan fingerprint density at radius 2 is 1.59 bits per heavy atom. The lowest BCUT2D eigenvalue weighted by Gasteiger charge is -2.20. The van der Waals surface area contributed by atoms with Crippen LogP contribution in [0.1, 0.15) is 76.0 Å². The molecule has 3 heterocycles. The van der Waals surface area contributed by atoms with Crippen molar-refractivity contribution in [2.45, 2.75) is 71.1 Å². The summed E-state index contributed by atoms with van der Waals surface area (Å²) < 4.78 is 0. The van der Waals surface area contributed by atoms with Gasteiger partial charge < -0.3 is 4.90 Å². The van der Waals surface area contributed by atoms with Crippen LogP contribution in [0.3, 0.4) is 0 Å². The van der Waals surface area contributed by atoms with Gasteiger partial charge in [-0.05, 0) is 30.7 Å². The van der Waals surface area contributed by atoms with E-state index in [2.05, 4.69) is 11.8 Å². The van der Waals surface area contributed by atoms with E-state index in [0.717, 1.165) is 43.6 Å². The summed E-state index contributed by atoms with van der Waals surface area (Å²) >= 11 is 1.55.